The Labute approximate surface area is 120 Å². The molecule has 1 saturated heterocycles. The van der Waals surface area contributed by atoms with Gasteiger partial charge in [-0.05, 0) is 30.5 Å². The first-order valence-corrected chi connectivity index (χ1v) is 7.74. The van der Waals surface area contributed by atoms with Crippen LogP contribution in [0.4, 0.5) is 0 Å². The van der Waals surface area contributed by atoms with Gasteiger partial charge in [0.05, 0.1) is 11.6 Å². The van der Waals surface area contributed by atoms with Crippen LogP contribution < -0.4 is 4.74 Å². The molecule has 0 amide bonds. The third kappa shape index (κ3) is 1.91. The van der Waals surface area contributed by atoms with E-state index in [1.807, 2.05) is 12.1 Å². The maximum atomic E-state index is 8.99. The van der Waals surface area contributed by atoms with E-state index in [-0.39, 0.29) is 5.60 Å². The van der Waals surface area contributed by atoms with Crippen LogP contribution in [0.5, 0.6) is 5.75 Å². The van der Waals surface area contributed by atoms with Crippen LogP contribution in [0.1, 0.15) is 43.2 Å². The van der Waals surface area contributed by atoms with Crippen LogP contribution in [0, 0.1) is 11.3 Å². The molecule has 0 unspecified atom stereocenters. The van der Waals surface area contributed by atoms with Crippen LogP contribution in [-0.4, -0.2) is 29.6 Å². The summed E-state index contributed by atoms with van der Waals surface area (Å²) in [7, 11) is 0. The summed E-state index contributed by atoms with van der Waals surface area (Å²) < 4.78 is 6.28. The number of likely N-dealkylation sites (tertiary alicyclic amines) is 1. The Hall–Kier alpha value is -1.53. The van der Waals surface area contributed by atoms with Gasteiger partial charge in [-0.2, -0.15) is 5.26 Å². The monoisotopic (exact) mass is 268 g/mol. The zero-order valence-electron chi connectivity index (χ0n) is 11.8. The van der Waals surface area contributed by atoms with Gasteiger partial charge in [-0.1, -0.05) is 12.5 Å². The van der Waals surface area contributed by atoms with E-state index in [4.69, 9.17) is 10.00 Å². The van der Waals surface area contributed by atoms with Crippen LogP contribution in [0.2, 0.25) is 0 Å². The van der Waals surface area contributed by atoms with Crippen molar-refractivity contribution in [3.8, 4) is 11.8 Å². The molecular weight excluding hydrogens is 248 g/mol. The number of fused-ring (bicyclic) bond motifs is 1. The first-order chi connectivity index (χ1) is 9.78. The lowest BCUT2D eigenvalue weighted by molar-refractivity contribution is -0.00747. The van der Waals surface area contributed by atoms with Crippen molar-refractivity contribution in [2.45, 2.75) is 50.2 Å². The van der Waals surface area contributed by atoms with E-state index in [9.17, 15) is 0 Å². The Morgan fingerprint density at radius 3 is 2.70 bits per heavy atom. The van der Waals surface area contributed by atoms with Crippen molar-refractivity contribution in [3.05, 3.63) is 29.3 Å². The summed E-state index contributed by atoms with van der Waals surface area (Å²) >= 11 is 0. The third-order valence-corrected chi connectivity index (χ3v) is 5.34. The second-order valence-electron chi connectivity index (χ2n) is 6.52. The summed E-state index contributed by atoms with van der Waals surface area (Å²) in [5.41, 5.74) is 1.99. The lowest BCUT2D eigenvalue weighted by atomic mass is 9.84. The molecule has 0 aromatic heterocycles. The quantitative estimate of drug-likeness (QED) is 0.785. The van der Waals surface area contributed by atoms with E-state index in [0.29, 0.717) is 5.56 Å². The molecule has 104 valence electrons. The summed E-state index contributed by atoms with van der Waals surface area (Å²) in [6.07, 6.45) is 7.46. The van der Waals surface area contributed by atoms with Crippen LogP contribution in [0.25, 0.3) is 0 Å². The molecule has 1 aromatic rings. The van der Waals surface area contributed by atoms with Gasteiger partial charge in [0.2, 0.25) is 0 Å². The maximum absolute atomic E-state index is 8.99. The van der Waals surface area contributed by atoms with Crippen molar-refractivity contribution < 1.29 is 4.74 Å². The molecule has 3 aliphatic rings. The standard InChI is InChI=1S/C17H20N2O/c18-12-13-4-5-14-11-17(20-16(14)10-13)6-8-19(9-7-17)15-2-1-3-15/h4-5,10,15H,1-3,6-9,11H2. The smallest absolute Gasteiger partial charge is 0.124 e. The summed E-state index contributed by atoms with van der Waals surface area (Å²) in [6.45, 7) is 2.34. The molecule has 0 atom stereocenters. The molecule has 1 spiro atoms. The molecule has 1 aliphatic carbocycles. The lowest BCUT2D eigenvalue weighted by Crippen LogP contribution is -2.52. The first kappa shape index (κ1) is 12.2. The fourth-order valence-corrected chi connectivity index (χ4v) is 3.81. The molecule has 2 heterocycles. The van der Waals surface area contributed by atoms with E-state index in [1.165, 1.54) is 37.9 Å². The molecule has 3 heteroatoms. The fraction of sp³-hybridized carbons (Fsp3) is 0.588. The molecule has 0 radical (unpaired) electrons. The van der Waals surface area contributed by atoms with Gasteiger partial charge in [0.1, 0.15) is 11.4 Å². The Kier molecular flexibility index (Phi) is 2.75. The minimum absolute atomic E-state index is 0.0106. The number of benzene rings is 1. The number of hydrogen-bond acceptors (Lipinski definition) is 3. The average molecular weight is 268 g/mol. The van der Waals surface area contributed by atoms with Gasteiger partial charge in [-0.15, -0.1) is 0 Å². The number of hydrogen-bond donors (Lipinski definition) is 0. The Balaban J connectivity index is 1.47. The number of nitrogens with zero attached hydrogens (tertiary/aromatic N) is 2. The van der Waals surface area contributed by atoms with E-state index >= 15 is 0 Å². The molecule has 1 saturated carbocycles. The Morgan fingerprint density at radius 1 is 1.25 bits per heavy atom. The summed E-state index contributed by atoms with van der Waals surface area (Å²) in [5.74, 6) is 0.946. The predicted molar refractivity (Wildman–Crippen MR) is 76.7 cm³/mol. The highest BCUT2D eigenvalue weighted by Gasteiger charge is 2.43. The zero-order chi connectivity index (χ0) is 13.6. The van der Waals surface area contributed by atoms with Crippen molar-refractivity contribution in [3.63, 3.8) is 0 Å². The molecule has 0 bridgehead atoms. The molecular formula is C17H20N2O. The predicted octanol–water partition coefficient (Wildman–Crippen LogP) is 2.88. The second-order valence-corrected chi connectivity index (χ2v) is 6.52. The van der Waals surface area contributed by atoms with Crippen molar-refractivity contribution in [1.29, 1.82) is 5.26 Å². The Morgan fingerprint density at radius 2 is 2.05 bits per heavy atom. The summed E-state index contributed by atoms with van der Waals surface area (Å²) in [5, 5.41) is 8.99. The molecule has 0 N–H and O–H groups in total. The van der Waals surface area contributed by atoms with Crippen molar-refractivity contribution in [2.75, 3.05) is 13.1 Å². The maximum Gasteiger partial charge on any atom is 0.124 e. The number of rotatable bonds is 1. The summed E-state index contributed by atoms with van der Waals surface area (Å²) in [6, 6.07) is 8.93. The zero-order valence-corrected chi connectivity index (χ0v) is 11.8. The van der Waals surface area contributed by atoms with Crippen molar-refractivity contribution in [2.24, 2.45) is 0 Å². The van der Waals surface area contributed by atoms with Gasteiger partial charge in [0.25, 0.3) is 0 Å². The number of ether oxygens (including phenoxy) is 1. The minimum Gasteiger partial charge on any atom is -0.487 e. The normalized spacial score (nSPS) is 24.8. The van der Waals surface area contributed by atoms with Crippen molar-refractivity contribution >= 4 is 0 Å². The highest BCUT2D eigenvalue weighted by molar-refractivity contribution is 5.46. The van der Waals surface area contributed by atoms with Crippen molar-refractivity contribution in [1.82, 2.24) is 4.90 Å². The SMILES string of the molecule is N#Cc1ccc2c(c1)OC1(CCN(C3CCC3)CC1)C2. The van der Waals surface area contributed by atoms with Gasteiger partial charge < -0.3 is 9.64 Å². The number of piperidine rings is 1. The second kappa shape index (κ2) is 4.49. The van der Waals surface area contributed by atoms with E-state index in [0.717, 1.165) is 31.1 Å². The van der Waals surface area contributed by atoms with Gasteiger partial charge in [0, 0.05) is 38.4 Å². The van der Waals surface area contributed by atoms with Gasteiger partial charge in [0.15, 0.2) is 0 Å². The topological polar surface area (TPSA) is 36.3 Å². The molecule has 1 aromatic carbocycles. The molecule has 2 fully saturated rings. The molecule has 2 aliphatic heterocycles. The fourth-order valence-electron chi connectivity index (χ4n) is 3.81. The Bertz CT molecular complexity index is 563. The van der Waals surface area contributed by atoms with Crippen LogP contribution >= 0.6 is 0 Å². The average Bonchev–Trinajstić information content (AvgIpc) is 2.76. The largest absolute Gasteiger partial charge is 0.487 e. The van der Waals surface area contributed by atoms with E-state index in [2.05, 4.69) is 17.0 Å². The van der Waals surface area contributed by atoms with E-state index < -0.39 is 0 Å². The van der Waals surface area contributed by atoms with Crippen LogP contribution in [0.3, 0.4) is 0 Å². The van der Waals surface area contributed by atoms with E-state index in [1.54, 1.807) is 0 Å². The first-order valence-electron chi connectivity index (χ1n) is 7.74. The van der Waals surface area contributed by atoms with Gasteiger partial charge in [-0.25, -0.2) is 0 Å². The van der Waals surface area contributed by atoms with Crippen LogP contribution in [0.15, 0.2) is 18.2 Å². The molecule has 4 rings (SSSR count). The van der Waals surface area contributed by atoms with Gasteiger partial charge in [-0.3, -0.25) is 0 Å². The van der Waals surface area contributed by atoms with Gasteiger partial charge >= 0.3 is 0 Å². The minimum atomic E-state index is 0.0106. The lowest BCUT2D eigenvalue weighted by Gasteiger charge is -2.45. The molecule has 20 heavy (non-hydrogen) atoms. The number of nitriles is 1. The highest BCUT2D eigenvalue weighted by atomic mass is 16.5. The van der Waals surface area contributed by atoms with Crippen LogP contribution in [-0.2, 0) is 6.42 Å². The third-order valence-electron chi connectivity index (χ3n) is 5.34. The molecule has 3 nitrogen and oxygen atoms in total. The summed E-state index contributed by atoms with van der Waals surface area (Å²) in [4.78, 5) is 2.65. The highest BCUT2D eigenvalue weighted by Crippen LogP contribution is 2.42.